The highest BCUT2D eigenvalue weighted by atomic mass is 14.9. The average molecular weight is 231 g/mol. The number of rotatable bonds is 6. The maximum absolute atomic E-state index is 3.65. The first-order chi connectivity index (χ1) is 8.24. The normalized spacial score (nSPS) is 24.6. The predicted molar refractivity (Wildman–Crippen MR) is 74.3 cm³/mol. The van der Waals surface area contributed by atoms with Crippen molar-refractivity contribution in [3.63, 3.8) is 0 Å². The SMILES string of the molecule is CCNC(Cc1ccc(CC)cc1)C1CC1C. The van der Waals surface area contributed by atoms with Gasteiger partial charge in [0.05, 0.1) is 0 Å². The van der Waals surface area contributed by atoms with Crippen molar-refractivity contribution in [2.75, 3.05) is 6.54 Å². The van der Waals surface area contributed by atoms with E-state index in [1.165, 1.54) is 24.0 Å². The van der Waals surface area contributed by atoms with Crippen LogP contribution in [0.4, 0.5) is 0 Å². The minimum Gasteiger partial charge on any atom is -0.314 e. The van der Waals surface area contributed by atoms with E-state index in [4.69, 9.17) is 0 Å². The van der Waals surface area contributed by atoms with Gasteiger partial charge in [-0.3, -0.25) is 0 Å². The summed E-state index contributed by atoms with van der Waals surface area (Å²) in [5.41, 5.74) is 2.92. The summed E-state index contributed by atoms with van der Waals surface area (Å²) in [4.78, 5) is 0. The molecule has 1 aromatic carbocycles. The van der Waals surface area contributed by atoms with Gasteiger partial charge in [-0.2, -0.15) is 0 Å². The van der Waals surface area contributed by atoms with E-state index >= 15 is 0 Å². The van der Waals surface area contributed by atoms with E-state index in [0.717, 1.165) is 24.8 Å². The molecule has 1 N–H and O–H groups in total. The highest BCUT2D eigenvalue weighted by Crippen LogP contribution is 2.41. The van der Waals surface area contributed by atoms with Crippen LogP contribution in [0.25, 0.3) is 0 Å². The van der Waals surface area contributed by atoms with Gasteiger partial charge in [-0.15, -0.1) is 0 Å². The molecule has 0 spiro atoms. The Kier molecular flexibility index (Phi) is 4.22. The van der Waals surface area contributed by atoms with Gasteiger partial charge in [0.25, 0.3) is 0 Å². The van der Waals surface area contributed by atoms with E-state index in [-0.39, 0.29) is 0 Å². The molecule has 0 heterocycles. The summed E-state index contributed by atoms with van der Waals surface area (Å²) in [6.45, 7) is 7.87. The second kappa shape index (κ2) is 5.68. The molecule has 1 heteroatoms. The van der Waals surface area contributed by atoms with Gasteiger partial charge in [-0.05, 0) is 48.8 Å². The molecule has 1 aliphatic carbocycles. The van der Waals surface area contributed by atoms with Crippen molar-refractivity contribution in [3.05, 3.63) is 35.4 Å². The highest BCUT2D eigenvalue weighted by molar-refractivity contribution is 5.23. The monoisotopic (exact) mass is 231 g/mol. The predicted octanol–water partition coefficient (Wildman–Crippen LogP) is 3.43. The maximum atomic E-state index is 3.65. The van der Waals surface area contributed by atoms with E-state index in [2.05, 4.69) is 50.4 Å². The zero-order valence-electron chi connectivity index (χ0n) is 11.4. The minimum absolute atomic E-state index is 0.683. The molecule has 3 atom stereocenters. The summed E-state index contributed by atoms with van der Waals surface area (Å²) in [7, 11) is 0. The standard InChI is InChI=1S/C16H25N/c1-4-13-6-8-14(9-7-13)11-16(17-5-2)15-10-12(15)3/h6-9,12,15-17H,4-5,10-11H2,1-3H3. The summed E-state index contributed by atoms with van der Waals surface area (Å²) in [5, 5.41) is 3.65. The molecule has 1 nitrogen and oxygen atoms in total. The topological polar surface area (TPSA) is 12.0 Å². The van der Waals surface area contributed by atoms with Crippen LogP contribution < -0.4 is 5.32 Å². The zero-order valence-corrected chi connectivity index (χ0v) is 11.4. The molecule has 2 rings (SSSR count). The Morgan fingerprint density at radius 2 is 1.76 bits per heavy atom. The summed E-state index contributed by atoms with van der Waals surface area (Å²) in [5.74, 6) is 1.83. The summed E-state index contributed by atoms with van der Waals surface area (Å²) in [6.07, 6.45) is 3.73. The van der Waals surface area contributed by atoms with E-state index in [9.17, 15) is 0 Å². The Morgan fingerprint density at radius 3 is 2.24 bits per heavy atom. The first-order valence-corrected chi connectivity index (χ1v) is 7.05. The smallest absolute Gasteiger partial charge is 0.0138 e. The lowest BCUT2D eigenvalue weighted by Gasteiger charge is -2.18. The van der Waals surface area contributed by atoms with Crippen molar-refractivity contribution in [2.24, 2.45) is 11.8 Å². The van der Waals surface area contributed by atoms with Crippen LogP contribution >= 0.6 is 0 Å². The van der Waals surface area contributed by atoms with Crippen LogP contribution in [-0.2, 0) is 12.8 Å². The van der Waals surface area contributed by atoms with Gasteiger partial charge in [0.15, 0.2) is 0 Å². The molecule has 0 aliphatic heterocycles. The zero-order chi connectivity index (χ0) is 12.3. The molecule has 94 valence electrons. The quantitative estimate of drug-likeness (QED) is 0.791. The Labute approximate surface area is 106 Å². The summed E-state index contributed by atoms with van der Waals surface area (Å²) in [6, 6.07) is 9.83. The molecule has 1 aromatic rings. The molecule has 1 saturated carbocycles. The number of aryl methyl sites for hydroxylation is 1. The number of hydrogen-bond acceptors (Lipinski definition) is 1. The Hall–Kier alpha value is -0.820. The lowest BCUT2D eigenvalue weighted by Crippen LogP contribution is -2.33. The van der Waals surface area contributed by atoms with Crippen molar-refractivity contribution in [1.29, 1.82) is 0 Å². The van der Waals surface area contributed by atoms with Crippen LogP contribution in [-0.4, -0.2) is 12.6 Å². The van der Waals surface area contributed by atoms with Crippen molar-refractivity contribution in [2.45, 2.75) is 46.1 Å². The van der Waals surface area contributed by atoms with Crippen LogP contribution in [0, 0.1) is 11.8 Å². The molecule has 1 aliphatic rings. The van der Waals surface area contributed by atoms with E-state index < -0.39 is 0 Å². The van der Waals surface area contributed by atoms with Crippen LogP contribution in [0.1, 0.15) is 38.3 Å². The highest BCUT2D eigenvalue weighted by Gasteiger charge is 2.38. The van der Waals surface area contributed by atoms with Gasteiger partial charge in [0.1, 0.15) is 0 Å². The average Bonchev–Trinajstić information content (AvgIpc) is 3.07. The first-order valence-electron chi connectivity index (χ1n) is 7.05. The van der Waals surface area contributed by atoms with Crippen LogP contribution in [0.3, 0.4) is 0 Å². The molecule has 3 unspecified atom stereocenters. The fraction of sp³-hybridized carbons (Fsp3) is 0.625. The molecule has 0 radical (unpaired) electrons. The van der Waals surface area contributed by atoms with Crippen molar-refractivity contribution < 1.29 is 0 Å². The first kappa shape index (κ1) is 12.6. The molecule has 0 bridgehead atoms. The molecule has 0 aromatic heterocycles. The fourth-order valence-electron chi connectivity index (χ4n) is 2.71. The lowest BCUT2D eigenvalue weighted by molar-refractivity contribution is 0.454. The van der Waals surface area contributed by atoms with Gasteiger partial charge in [-0.1, -0.05) is 45.0 Å². The van der Waals surface area contributed by atoms with Crippen molar-refractivity contribution in [3.8, 4) is 0 Å². The van der Waals surface area contributed by atoms with Crippen LogP contribution in [0.5, 0.6) is 0 Å². The maximum Gasteiger partial charge on any atom is 0.0138 e. The van der Waals surface area contributed by atoms with Gasteiger partial charge in [0.2, 0.25) is 0 Å². The Morgan fingerprint density at radius 1 is 1.18 bits per heavy atom. The number of nitrogens with one attached hydrogen (secondary N) is 1. The van der Waals surface area contributed by atoms with E-state index in [1.54, 1.807) is 0 Å². The molecule has 17 heavy (non-hydrogen) atoms. The van der Waals surface area contributed by atoms with Gasteiger partial charge in [-0.25, -0.2) is 0 Å². The third-order valence-corrected chi connectivity index (χ3v) is 4.04. The minimum atomic E-state index is 0.683. The Balaban J connectivity index is 1.96. The van der Waals surface area contributed by atoms with Crippen molar-refractivity contribution in [1.82, 2.24) is 5.32 Å². The second-order valence-electron chi connectivity index (χ2n) is 5.42. The largest absolute Gasteiger partial charge is 0.314 e. The molecule has 0 saturated heterocycles. The van der Waals surface area contributed by atoms with Crippen molar-refractivity contribution >= 4 is 0 Å². The van der Waals surface area contributed by atoms with Crippen LogP contribution in [0.15, 0.2) is 24.3 Å². The second-order valence-corrected chi connectivity index (χ2v) is 5.42. The number of hydrogen-bond donors (Lipinski definition) is 1. The summed E-state index contributed by atoms with van der Waals surface area (Å²) >= 11 is 0. The molecular weight excluding hydrogens is 206 g/mol. The molecule has 1 fully saturated rings. The summed E-state index contributed by atoms with van der Waals surface area (Å²) < 4.78 is 0. The Bertz CT molecular complexity index is 341. The van der Waals surface area contributed by atoms with E-state index in [0.29, 0.717) is 6.04 Å². The fourth-order valence-corrected chi connectivity index (χ4v) is 2.71. The van der Waals surface area contributed by atoms with E-state index in [1.807, 2.05) is 0 Å². The third-order valence-electron chi connectivity index (χ3n) is 4.04. The van der Waals surface area contributed by atoms with Gasteiger partial charge < -0.3 is 5.32 Å². The number of likely N-dealkylation sites (N-methyl/N-ethyl adjacent to an activating group) is 1. The lowest BCUT2D eigenvalue weighted by atomic mass is 9.99. The molecular formula is C16H25N. The van der Waals surface area contributed by atoms with Gasteiger partial charge >= 0.3 is 0 Å². The third kappa shape index (κ3) is 3.32. The molecule has 0 amide bonds. The van der Waals surface area contributed by atoms with Gasteiger partial charge in [0, 0.05) is 6.04 Å². The number of benzene rings is 1. The van der Waals surface area contributed by atoms with Crippen LogP contribution in [0.2, 0.25) is 0 Å².